The number of nitrogens with zero attached hydrogens (tertiary/aromatic N) is 1. The fraction of sp³-hybridized carbons (Fsp3) is 0.333. The molecule has 5 heteroatoms. The molecule has 0 aliphatic heterocycles. The number of carbonyl (C=O) groups excluding carboxylic acids is 1. The minimum absolute atomic E-state index is 0.0872. The van der Waals surface area contributed by atoms with Crippen LogP contribution in [0.1, 0.15) is 16.1 Å². The average molecular weight is 279 g/mol. The Bertz CT molecular complexity index is 344. The van der Waals surface area contributed by atoms with Gasteiger partial charge < -0.3 is 4.74 Å². The molecule has 0 saturated heterocycles. The molecule has 0 aliphatic carbocycles. The Labute approximate surface area is 95.6 Å². The quantitative estimate of drug-likeness (QED) is 0.482. The van der Waals surface area contributed by atoms with E-state index in [0.29, 0.717) is 17.5 Å². The van der Waals surface area contributed by atoms with Crippen LogP contribution in [0.5, 0.6) is 0 Å². The SMILES string of the molecule is COCc1ccc(C(=O)CBr)nc1Cl. The molecule has 0 radical (unpaired) electrons. The summed E-state index contributed by atoms with van der Waals surface area (Å²) in [6, 6.07) is 3.39. The van der Waals surface area contributed by atoms with E-state index in [0.717, 1.165) is 5.56 Å². The van der Waals surface area contributed by atoms with Gasteiger partial charge in [0, 0.05) is 12.7 Å². The Balaban J connectivity index is 2.94. The molecule has 14 heavy (non-hydrogen) atoms. The molecule has 0 atom stereocenters. The lowest BCUT2D eigenvalue weighted by Crippen LogP contribution is -2.04. The highest BCUT2D eigenvalue weighted by molar-refractivity contribution is 9.09. The van der Waals surface area contributed by atoms with Crippen molar-refractivity contribution in [1.82, 2.24) is 4.98 Å². The van der Waals surface area contributed by atoms with Crippen LogP contribution < -0.4 is 0 Å². The number of hydrogen-bond donors (Lipinski definition) is 0. The predicted molar refractivity (Wildman–Crippen MR) is 58.1 cm³/mol. The van der Waals surface area contributed by atoms with Gasteiger partial charge >= 0.3 is 0 Å². The highest BCUT2D eigenvalue weighted by Crippen LogP contribution is 2.15. The van der Waals surface area contributed by atoms with E-state index in [-0.39, 0.29) is 11.1 Å². The van der Waals surface area contributed by atoms with E-state index in [1.165, 1.54) is 0 Å². The number of aromatic nitrogens is 1. The van der Waals surface area contributed by atoms with Crippen LogP contribution >= 0.6 is 27.5 Å². The van der Waals surface area contributed by atoms with Gasteiger partial charge in [-0.3, -0.25) is 4.79 Å². The number of carbonyl (C=O) groups is 1. The number of ketones is 1. The largest absolute Gasteiger partial charge is 0.380 e. The zero-order chi connectivity index (χ0) is 10.6. The van der Waals surface area contributed by atoms with E-state index < -0.39 is 0 Å². The van der Waals surface area contributed by atoms with Gasteiger partial charge in [-0.1, -0.05) is 33.6 Å². The van der Waals surface area contributed by atoms with Crippen molar-refractivity contribution >= 4 is 33.3 Å². The van der Waals surface area contributed by atoms with Gasteiger partial charge in [0.1, 0.15) is 10.8 Å². The number of Topliss-reactive ketones (excluding diaryl/α,β-unsaturated/α-hetero) is 1. The first-order valence-electron chi connectivity index (χ1n) is 3.92. The van der Waals surface area contributed by atoms with Crippen molar-refractivity contribution in [3.8, 4) is 0 Å². The minimum Gasteiger partial charge on any atom is -0.380 e. The van der Waals surface area contributed by atoms with Crippen molar-refractivity contribution in [1.29, 1.82) is 0 Å². The molecular formula is C9H9BrClNO2. The van der Waals surface area contributed by atoms with Crippen molar-refractivity contribution in [2.24, 2.45) is 0 Å². The predicted octanol–water partition coefficient (Wildman–Crippen LogP) is 2.46. The summed E-state index contributed by atoms with van der Waals surface area (Å²) < 4.78 is 4.92. The normalized spacial score (nSPS) is 10.2. The Kier molecular flexibility index (Phi) is 4.51. The molecule has 0 N–H and O–H groups in total. The first-order valence-corrected chi connectivity index (χ1v) is 5.42. The number of ether oxygens (including phenoxy) is 1. The van der Waals surface area contributed by atoms with Gasteiger partial charge in [-0.05, 0) is 6.07 Å². The fourth-order valence-electron chi connectivity index (χ4n) is 0.950. The van der Waals surface area contributed by atoms with Crippen LogP contribution in [0.25, 0.3) is 0 Å². The highest BCUT2D eigenvalue weighted by atomic mass is 79.9. The van der Waals surface area contributed by atoms with Crippen molar-refractivity contribution in [2.45, 2.75) is 6.61 Å². The van der Waals surface area contributed by atoms with Crippen LogP contribution in [0, 0.1) is 0 Å². The second kappa shape index (κ2) is 5.44. The summed E-state index contributed by atoms with van der Waals surface area (Å²) in [5.41, 5.74) is 1.15. The molecule has 1 heterocycles. The average Bonchev–Trinajstić information content (AvgIpc) is 2.20. The second-order valence-electron chi connectivity index (χ2n) is 2.64. The third-order valence-electron chi connectivity index (χ3n) is 1.63. The number of rotatable bonds is 4. The molecule has 1 aromatic rings. The van der Waals surface area contributed by atoms with Crippen LogP contribution in [0.2, 0.25) is 5.15 Å². The van der Waals surface area contributed by atoms with Gasteiger partial charge in [-0.2, -0.15) is 0 Å². The zero-order valence-corrected chi connectivity index (χ0v) is 9.93. The lowest BCUT2D eigenvalue weighted by molar-refractivity contribution is 0.101. The standard InChI is InChI=1S/C9H9BrClNO2/c1-14-5-6-2-3-7(8(13)4-10)12-9(6)11/h2-3H,4-5H2,1H3. The van der Waals surface area contributed by atoms with Gasteiger partial charge in [0.2, 0.25) is 0 Å². The first kappa shape index (κ1) is 11.6. The minimum atomic E-state index is -0.0872. The summed E-state index contributed by atoms with van der Waals surface area (Å²) in [6.45, 7) is 0.397. The Morgan fingerprint density at radius 1 is 1.64 bits per heavy atom. The number of halogens is 2. The number of alkyl halides is 1. The summed E-state index contributed by atoms with van der Waals surface area (Å²) in [7, 11) is 1.58. The summed E-state index contributed by atoms with van der Waals surface area (Å²) in [5.74, 6) is -0.0872. The topological polar surface area (TPSA) is 39.2 Å². The summed E-state index contributed by atoms with van der Waals surface area (Å²) in [5, 5.41) is 0.568. The molecule has 1 aromatic heterocycles. The Morgan fingerprint density at radius 3 is 2.86 bits per heavy atom. The molecule has 3 nitrogen and oxygen atoms in total. The second-order valence-corrected chi connectivity index (χ2v) is 3.55. The van der Waals surface area contributed by atoms with Crippen LogP contribution in [-0.4, -0.2) is 23.2 Å². The van der Waals surface area contributed by atoms with Gasteiger partial charge in [-0.25, -0.2) is 4.98 Å². The smallest absolute Gasteiger partial charge is 0.191 e. The first-order chi connectivity index (χ1) is 6.69. The molecule has 0 amide bonds. The highest BCUT2D eigenvalue weighted by Gasteiger charge is 2.08. The van der Waals surface area contributed by atoms with Crippen molar-refractivity contribution in [3.05, 3.63) is 28.5 Å². The van der Waals surface area contributed by atoms with Gasteiger partial charge in [0.15, 0.2) is 5.78 Å². The monoisotopic (exact) mass is 277 g/mol. The molecule has 0 aromatic carbocycles. The lowest BCUT2D eigenvalue weighted by Gasteiger charge is -2.03. The van der Waals surface area contributed by atoms with Crippen molar-refractivity contribution in [2.75, 3.05) is 12.4 Å². The van der Waals surface area contributed by atoms with Crippen LogP contribution in [0.3, 0.4) is 0 Å². The maximum Gasteiger partial charge on any atom is 0.191 e. The van der Waals surface area contributed by atoms with E-state index in [1.807, 2.05) is 0 Å². The summed E-state index contributed by atoms with van der Waals surface area (Å²) in [6.07, 6.45) is 0. The summed E-state index contributed by atoms with van der Waals surface area (Å²) >= 11 is 8.92. The van der Waals surface area contributed by atoms with Crippen LogP contribution in [0.15, 0.2) is 12.1 Å². The van der Waals surface area contributed by atoms with E-state index in [9.17, 15) is 4.79 Å². The molecule has 0 unspecified atom stereocenters. The fourth-order valence-corrected chi connectivity index (χ4v) is 1.45. The lowest BCUT2D eigenvalue weighted by atomic mass is 10.2. The number of methoxy groups -OCH3 is 1. The molecule has 0 bridgehead atoms. The van der Waals surface area contributed by atoms with Gasteiger partial charge in [0.05, 0.1) is 11.9 Å². The van der Waals surface area contributed by atoms with E-state index in [4.69, 9.17) is 16.3 Å². The molecule has 0 fully saturated rings. The third-order valence-corrected chi connectivity index (χ3v) is 2.47. The maximum absolute atomic E-state index is 11.2. The van der Waals surface area contributed by atoms with Gasteiger partial charge in [-0.15, -0.1) is 0 Å². The number of pyridine rings is 1. The molecule has 0 spiro atoms. The molecule has 1 rings (SSSR count). The van der Waals surface area contributed by atoms with E-state index in [1.54, 1.807) is 19.2 Å². The number of hydrogen-bond acceptors (Lipinski definition) is 3. The molecule has 0 aliphatic rings. The van der Waals surface area contributed by atoms with Gasteiger partial charge in [0.25, 0.3) is 0 Å². The maximum atomic E-state index is 11.2. The molecular weight excluding hydrogens is 269 g/mol. The molecule has 76 valence electrons. The molecule has 0 saturated carbocycles. The Morgan fingerprint density at radius 2 is 2.36 bits per heavy atom. The van der Waals surface area contributed by atoms with Crippen LogP contribution in [-0.2, 0) is 11.3 Å². The van der Waals surface area contributed by atoms with E-state index in [2.05, 4.69) is 20.9 Å². The van der Waals surface area contributed by atoms with Crippen molar-refractivity contribution in [3.63, 3.8) is 0 Å². The Hall–Kier alpha value is -0.450. The zero-order valence-electron chi connectivity index (χ0n) is 7.59. The van der Waals surface area contributed by atoms with Crippen LogP contribution in [0.4, 0.5) is 0 Å². The third kappa shape index (κ3) is 2.77. The summed E-state index contributed by atoms with van der Waals surface area (Å²) in [4.78, 5) is 15.2. The van der Waals surface area contributed by atoms with E-state index >= 15 is 0 Å². The van der Waals surface area contributed by atoms with Crippen molar-refractivity contribution < 1.29 is 9.53 Å².